The lowest BCUT2D eigenvalue weighted by atomic mass is 9.97. The fraction of sp³-hybridized carbons (Fsp3) is 0.0345. The number of hydrogen-bond acceptors (Lipinski definition) is 5. The Labute approximate surface area is 368 Å². The summed E-state index contributed by atoms with van der Waals surface area (Å²) in [6.45, 7) is 2.11. The molecule has 9 aromatic carbocycles. The molecule has 1 aliphatic rings. The van der Waals surface area contributed by atoms with Gasteiger partial charge in [0, 0.05) is 49.1 Å². The van der Waals surface area contributed by atoms with Crippen molar-refractivity contribution in [1.29, 1.82) is 0 Å². The summed E-state index contributed by atoms with van der Waals surface area (Å²) in [7, 11) is 0. The number of aromatic nitrogens is 1. The maximum atomic E-state index is 6.54. The minimum absolute atomic E-state index is 0.672. The first-order chi connectivity index (χ1) is 31.5. The van der Waals surface area contributed by atoms with Crippen molar-refractivity contribution >= 4 is 77.4 Å². The van der Waals surface area contributed by atoms with Crippen molar-refractivity contribution in [1.82, 2.24) is 9.88 Å². The van der Waals surface area contributed by atoms with Crippen LogP contribution in [0, 0.1) is 0 Å². The zero-order chi connectivity index (χ0) is 42.4. The lowest BCUT2D eigenvalue weighted by Gasteiger charge is -2.33. The van der Waals surface area contributed by atoms with Gasteiger partial charge < -0.3 is 18.7 Å². The predicted octanol–water partition coefficient (Wildman–Crippen LogP) is 14.6. The molecule has 1 N–H and O–H groups in total. The Morgan fingerprint density at radius 1 is 0.438 bits per heavy atom. The van der Waals surface area contributed by atoms with Gasteiger partial charge in [-0.05, 0) is 108 Å². The number of aliphatic imine (C=N–C) groups is 2. The molecule has 6 heteroatoms. The van der Waals surface area contributed by atoms with E-state index in [1.54, 1.807) is 0 Å². The van der Waals surface area contributed by atoms with E-state index >= 15 is 0 Å². The SMILES string of the molecule is CC1(c2ccccc2)N=C(c2ccccc2)N=C(c2cccc3oc4ccc(-c5ccc6oc7ccc(-c8ccc9c(c8)c8ccccc8n9-c8ccccc8)cc7c6c5)cc4c23)N1. The van der Waals surface area contributed by atoms with Crippen molar-refractivity contribution in [2.45, 2.75) is 12.6 Å². The van der Waals surface area contributed by atoms with Crippen LogP contribution in [0.1, 0.15) is 23.6 Å². The van der Waals surface area contributed by atoms with Gasteiger partial charge in [-0.2, -0.15) is 0 Å². The van der Waals surface area contributed by atoms with E-state index in [4.69, 9.17) is 18.8 Å². The van der Waals surface area contributed by atoms with Gasteiger partial charge >= 0.3 is 0 Å². The van der Waals surface area contributed by atoms with Crippen LogP contribution in [0.25, 0.3) is 93.6 Å². The number of benzene rings is 9. The number of para-hydroxylation sites is 2. The summed E-state index contributed by atoms with van der Waals surface area (Å²) in [4.78, 5) is 10.4. The summed E-state index contributed by atoms with van der Waals surface area (Å²) in [6.07, 6.45) is 0. The normalized spacial score (nSPS) is 15.3. The lowest BCUT2D eigenvalue weighted by molar-refractivity contribution is 0.455. The second-order valence-electron chi connectivity index (χ2n) is 16.8. The Bertz CT molecular complexity index is 3880. The first-order valence-corrected chi connectivity index (χ1v) is 21.6. The topological polar surface area (TPSA) is 68.0 Å². The van der Waals surface area contributed by atoms with E-state index in [0.717, 1.165) is 94.3 Å². The summed E-state index contributed by atoms with van der Waals surface area (Å²) < 4.78 is 15.3. The zero-order valence-corrected chi connectivity index (χ0v) is 34.8. The Balaban J connectivity index is 0.914. The van der Waals surface area contributed by atoms with Gasteiger partial charge in [-0.1, -0.05) is 133 Å². The van der Waals surface area contributed by atoms with E-state index in [9.17, 15) is 0 Å². The van der Waals surface area contributed by atoms with Crippen molar-refractivity contribution in [3.05, 3.63) is 223 Å². The van der Waals surface area contributed by atoms with Crippen LogP contribution >= 0.6 is 0 Å². The fourth-order valence-electron chi connectivity index (χ4n) is 9.72. The molecule has 13 rings (SSSR count). The number of nitrogens with one attached hydrogen (secondary N) is 1. The molecule has 302 valence electrons. The molecule has 6 nitrogen and oxygen atoms in total. The highest BCUT2D eigenvalue weighted by Crippen LogP contribution is 2.40. The maximum absolute atomic E-state index is 6.54. The molecule has 3 aromatic heterocycles. The smallest absolute Gasteiger partial charge is 0.159 e. The molecule has 4 heterocycles. The van der Waals surface area contributed by atoms with Crippen molar-refractivity contribution in [3.8, 4) is 27.9 Å². The van der Waals surface area contributed by atoms with Gasteiger partial charge in [0.05, 0.1) is 11.0 Å². The van der Waals surface area contributed by atoms with Gasteiger partial charge in [0.2, 0.25) is 0 Å². The molecular formula is C58H38N4O2. The van der Waals surface area contributed by atoms with Gasteiger partial charge in [-0.25, -0.2) is 9.98 Å². The van der Waals surface area contributed by atoms with Crippen LogP contribution in [0.5, 0.6) is 0 Å². The summed E-state index contributed by atoms with van der Waals surface area (Å²) in [5.74, 6) is 1.41. The highest BCUT2D eigenvalue weighted by atomic mass is 16.3. The van der Waals surface area contributed by atoms with E-state index in [1.807, 2.05) is 48.5 Å². The Hall–Kier alpha value is -8.48. The molecule has 0 fully saturated rings. The standard InChI is InChI=1S/C58H38N4O2/c1-58(41-16-7-3-8-17-41)60-56(36-14-5-2-6-15-36)59-57(61-58)44-21-13-23-54-55(44)48-35-40(27-31-53(48)64-54)39-26-30-52-47(34-39)46-33-38(25-29-51(46)63-52)37-24-28-50-45(32-37)43-20-11-12-22-49(43)62(50)42-18-9-4-10-19-42/h2-35H,1H3,(H,59,60,61). The molecule has 0 saturated carbocycles. The van der Waals surface area contributed by atoms with E-state index in [0.29, 0.717) is 5.84 Å². The van der Waals surface area contributed by atoms with Gasteiger partial charge in [0.15, 0.2) is 11.5 Å². The van der Waals surface area contributed by atoms with Crippen LogP contribution in [0.3, 0.4) is 0 Å². The third-order valence-corrected chi connectivity index (χ3v) is 12.8. The Morgan fingerprint density at radius 2 is 0.984 bits per heavy atom. The summed E-state index contributed by atoms with van der Waals surface area (Å²) in [5.41, 5.74) is 13.5. The van der Waals surface area contributed by atoms with Crippen LogP contribution in [0.15, 0.2) is 225 Å². The minimum Gasteiger partial charge on any atom is -0.456 e. The van der Waals surface area contributed by atoms with Gasteiger partial charge in [-0.15, -0.1) is 0 Å². The number of hydrogen-bond donors (Lipinski definition) is 1. The third kappa shape index (κ3) is 5.73. The molecule has 1 atom stereocenters. The lowest BCUT2D eigenvalue weighted by Crippen LogP contribution is -2.46. The third-order valence-electron chi connectivity index (χ3n) is 12.8. The van der Waals surface area contributed by atoms with Crippen molar-refractivity contribution in [3.63, 3.8) is 0 Å². The Kier molecular flexibility index (Phi) is 7.93. The summed E-state index contributed by atoms with van der Waals surface area (Å²) in [6, 6.07) is 72.3. The minimum atomic E-state index is -0.755. The van der Waals surface area contributed by atoms with Crippen molar-refractivity contribution in [2.75, 3.05) is 0 Å². The first kappa shape index (κ1) is 36.2. The predicted molar refractivity (Wildman–Crippen MR) is 263 cm³/mol. The number of rotatable bonds is 6. The van der Waals surface area contributed by atoms with Crippen molar-refractivity contribution in [2.24, 2.45) is 9.98 Å². The highest BCUT2D eigenvalue weighted by Gasteiger charge is 2.33. The average Bonchev–Trinajstić information content (AvgIpc) is 4.03. The van der Waals surface area contributed by atoms with Gasteiger partial charge in [-0.3, -0.25) is 0 Å². The molecule has 1 aliphatic heterocycles. The summed E-state index contributed by atoms with van der Waals surface area (Å²) >= 11 is 0. The molecule has 0 saturated heterocycles. The van der Waals surface area contributed by atoms with Crippen LogP contribution in [0.4, 0.5) is 0 Å². The van der Waals surface area contributed by atoms with Crippen LogP contribution in [0.2, 0.25) is 0 Å². The van der Waals surface area contributed by atoms with Gasteiger partial charge in [0.1, 0.15) is 28.2 Å². The second kappa shape index (κ2) is 14.0. The fourth-order valence-corrected chi connectivity index (χ4v) is 9.72. The number of furan rings is 2. The molecular weight excluding hydrogens is 785 g/mol. The molecule has 0 amide bonds. The molecule has 0 spiro atoms. The molecule has 0 bridgehead atoms. The van der Waals surface area contributed by atoms with E-state index < -0.39 is 5.66 Å². The summed E-state index contributed by atoms with van der Waals surface area (Å²) in [5, 5.41) is 10.4. The monoisotopic (exact) mass is 822 g/mol. The number of amidine groups is 2. The van der Waals surface area contributed by atoms with Crippen LogP contribution in [-0.2, 0) is 5.66 Å². The molecule has 0 aliphatic carbocycles. The second-order valence-corrected chi connectivity index (χ2v) is 16.8. The quantitative estimate of drug-likeness (QED) is 0.182. The van der Waals surface area contributed by atoms with Crippen molar-refractivity contribution < 1.29 is 8.83 Å². The van der Waals surface area contributed by atoms with Crippen LogP contribution in [-0.4, -0.2) is 16.2 Å². The van der Waals surface area contributed by atoms with Crippen LogP contribution < -0.4 is 5.32 Å². The zero-order valence-electron chi connectivity index (χ0n) is 34.8. The Morgan fingerprint density at radius 3 is 1.69 bits per heavy atom. The first-order valence-electron chi connectivity index (χ1n) is 21.6. The highest BCUT2D eigenvalue weighted by molar-refractivity contribution is 6.22. The molecule has 1 unspecified atom stereocenters. The van der Waals surface area contributed by atoms with Gasteiger partial charge in [0.25, 0.3) is 0 Å². The largest absolute Gasteiger partial charge is 0.456 e. The molecule has 64 heavy (non-hydrogen) atoms. The van der Waals surface area contributed by atoms with E-state index in [1.165, 1.54) is 21.8 Å². The molecule has 0 radical (unpaired) electrons. The number of fused-ring (bicyclic) bond motifs is 9. The molecule has 12 aromatic rings. The maximum Gasteiger partial charge on any atom is 0.159 e. The number of nitrogens with zero attached hydrogens (tertiary/aromatic N) is 3. The van der Waals surface area contributed by atoms with E-state index in [-0.39, 0.29) is 0 Å². The van der Waals surface area contributed by atoms with E-state index in [2.05, 4.69) is 175 Å². The average molecular weight is 823 g/mol.